The summed E-state index contributed by atoms with van der Waals surface area (Å²) in [5.41, 5.74) is 0.723. The number of hydrogen-bond donors (Lipinski definition) is 1. The fourth-order valence-corrected chi connectivity index (χ4v) is 2.31. The zero-order chi connectivity index (χ0) is 12.5. The SMILES string of the molecule is CC(OS(=O)(=O)O)c1cccc2ccccc12. The molecule has 0 aromatic heterocycles. The van der Waals surface area contributed by atoms with Crippen LogP contribution >= 0.6 is 0 Å². The zero-order valence-corrected chi connectivity index (χ0v) is 10.0. The molecule has 90 valence electrons. The molecule has 0 saturated heterocycles. The van der Waals surface area contributed by atoms with E-state index >= 15 is 0 Å². The van der Waals surface area contributed by atoms with Gasteiger partial charge in [-0.05, 0) is 23.3 Å². The predicted octanol–water partition coefficient (Wildman–Crippen LogP) is 2.72. The molecule has 2 aromatic carbocycles. The lowest BCUT2D eigenvalue weighted by molar-refractivity contribution is 0.202. The molecule has 0 aliphatic carbocycles. The normalized spacial score (nSPS) is 13.8. The van der Waals surface area contributed by atoms with E-state index in [0.717, 1.165) is 16.3 Å². The molecule has 2 aromatic rings. The van der Waals surface area contributed by atoms with E-state index in [1.165, 1.54) is 0 Å². The molecular weight excluding hydrogens is 240 g/mol. The smallest absolute Gasteiger partial charge is 0.264 e. The van der Waals surface area contributed by atoms with Crippen molar-refractivity contribution in [1.82, 2.24) is 0 Å². The van der Waals surface area contributed by atoms with Gasteiger partial charge in [0.05, 0.1) is 0 Å². The van der Waals surface area contributed by atoms with Gasteiger partial charge in [-0.15, -0.1) is 0 Å². The van der Waals surface area contributed by atoms with Gasteiger partial charge in [-0.25, -0.2) is 4.18 Å². The van der Waals surface area contributed by atoms with E-state index in [1.54, 1.807) is 13.0 Å². The third-order valence-electron chi connectivity index (χ3n) is 2.53. The third-order valence-corrected chi connectivity index (χ3v) is 3.06. The van der Waals surface area contributed by atoms with Gasteiger partial charge in [-0.1, -0.05) is 42.5 Å². The molecule has 1 N–H and O–H groups in total. The highest BCUT2D eigenvalue weighted by Crippen LogP contribution is 2.26. The van der Waals surface area contributed by atoms with E-state index in [2.05, 4.69) is 4.18 Å². The summed E-state index contributed by atoms with van der Waals surface area (Å²) in [6, 6.07) is 13.1. The summed E-state index contributed by atoms with van der Waals surface area (Å²) in [5, 5.41) is 1.90. The van der Waals surface area contributed by atoms with Crippen LogP contribution in [-0.2, 0) is 14.6 Å². The molecule has 0 aliphatic rings. The molecule has 1 atom stereocenters. The first-order valence-corrected chi connectivity index (χ1v) is 6.47. The van der Waals surface area contributed by atoms with Crippen molar-refractivity contribution >= 4 is 21.2 Å². The second kappa shape index (κ2) is 4.44. The Kier molecular flexibility index (Phi) is 3.15. The first kappa shape index (κ1) is 12.0. The van der Waals surface area contributed by atoms with Gasteiger partial charge < -0.3 is 0 Å². The molecular formula is C12H12O4S. The molecule has 5 heteroatoms. The average Bonchev–Trinajstić information content (AvgIpc) is 2.26. The minimum absolute atomic E-state index is 0.723. The number of benzene rings is 2. The largest absolute Gasteiger partial charge is 0.397 e. The monoisotopic (exact) mass is 252 g/mol. The van der Waals surface area contributed by atoms with Gasteiger partial charge in [-0.3, -0.25) is 4.55 Å². The van der Waals surface area contributed by atoms with Gasteiger partial charge in [0.2, 0.25) is 0 Å². The summed E-state index contributed by atoms with van der Waals surface area (Å²) in [7, 11) is -4.44. The summed E-state index contributed by atoms with van der Waals surface area (Å²) >= 11 is 0. The highest BCUT2D eigenvalue weighted by atomic mass is 32.3. The Labute approximate surface area is 99.8 Å². The molecule has 0 amide bonds. The van der Waals surface area contributed by atoms with Crippen molar-refractivity contribution in [3.63, 3.8) is 0 Å². The summed E-state index contributed by atoms with van der Waals surface area (Å²) < 4.78 is 34.6. The molecule has 1 unspecified atom stereocenters. The van der Waals surface area contributed by atoms with Crippen molar-refractivity contribution in [3.8, 4) is 0 Å². The lowest BCUT2D eigenvalue weighted by atomic mass is 10.0. The first-order chi connectivity index (χ1) is 7.97. The minimum Gasteiger partial charge on any atom is -0.264 e. The summed E-state index contributed by atoms with van der Waals surface area (Å²) in [6.45, 7) is 1.58. The maximum absolute atomic E-state index is 10.7. The summed E-state index contributed by atoms with van der Waals surface area (Å²) in [6.07, 6.45) is -0.726. The number of fused-ring (bicyclic) bond motifs is 1. The van der Waals surface area contributed by atoms with Gasteiger partial charge >= 0.3 is 10.4 Å². The van der Waals surface area contributed by atoms with E-state index in [9.17, 15) is 8.42 Å². The fraction of sp³-hybridized carbons (Fsp3) is 0.167. The van der Waals surface area contributed by atoms with Crippen LogP contribution in [-0.4, -0.2) is 13.0 Å². The van der Waals surface area contributed by atoms with Gasteiger partial charge in [0, 0.05) is 0 Å². The van der Waals surface area contributed by atoms with Gasteiger partial charge in [0.25, 0.3) is 0 Å². The van der Waals surface area contributed by atoms with E-state index in [0.29, 0.717) is 0 Å². The van der Waals surface area contributed by atoms with Gasteiger partial charge in [-0.2, -0.15) is 8.42 Å². The first-order valence-electron chi connectivity index (χ1n) is 5.11. The zero-order valence-electron chi connectivity index (χ0n) is 9.20. The van der Waals surface area contributed by atoms with Crippen LogP contribution in [0.2, 0.25) is 0 Å². The van der Waals surface area contributed by atoms with Crippen molar-refractivity contribution in [2.45, 2.75) is 13.0 Å². The van der Waals surface area contributed by atoms with Crippen molar-refractivity contribution in [3.05, 3.63) is 48.0 Å². The van der Waals surface area contributed by atoms with Crippen LogP contribution in [0.4, 0.5) is 0 Å². The molecule has 0 aliphatic heterocycles. The van der Waals surface area contributed by atoms with Gasteiger partial charge in [0.1, 0.15) is 6.10 Å². The van der Waals surface area contributed by atoms with Crippen LogP contribution in [0.3, 0.4) is 0 Å². The second-order valence-corrected chi connectivity index (χ2v) is 4.78. The van der Waals surface area contributed by atoms with Crippen LogP contribution in [0, 0.1) is 0 Å². The maximum atomic E-state index is 10.7. The quantitative estimate of drug-likeness (QED) is 0.853. The Bertz CT molecular complexity index is 629. The van der Waals surface area contributed by atoms with Gasteiger partial charge in [0.15, 0.2) is 0 Å². The van der Waals surface area contributed by atoms with E-state index in [4.69, 9.17) is 4.55 Å². The minimum atomic E-state index is -4.44. The number of rotatable bonds is 3. The molecule has 0 spiro atoms. The van der Waals surface area contributed by atoms with E-state index in [1.807, 2.05) is 36.4 Å². The van der Waals surface area contributed by atoms with Crippen LogP contribution in [0.25, 0.3) is 10.8 Å². The lowest BCUT2D eigenvalue weighted by Crippen LogP contribution is -2.08. The molecule has 2 rings (SSSR count). The van der Waals surface area contributed by atoms with Crippen LogP contribution in [0.15, 0.2) is 42.5 Å². The van der Waals surface area contributed by atoms with Crippen LogP contribution < -0.4 is 0 Å². The Hall–Kier alpha value is -1.43. The lowest BCUT2D eigenvalue weighted by Gasteiger charge is -2.13. The Balaban J connectivity index is 2.48. The third kappa shape index (κ3) is 2.82. The predicted molar refractivity (Wildman–Crippen MR) is 65.0 cm³/mol. The molecule has 0 fully saturated rings. The standard InChI is InChI=1S/C12H12O4S/c1-9(16-17(13,14)15)11-8-4-6-10-5-2-3-7-12(10)11/h2-9H,1H3,(H,13,14,15). The second-order valence-electron chi connectivity index (χ2n) is 3.73. The summed E-state index contributed by atoms with van der Waals surface area (Å²) in [4.78, 5) is 0. The van der Waals surface area contributed by atoms with Crippen molar-refractivity contribution < 1.29 is 17.2 Å². The molecule has 0 heterocycles. The average molecular weight is 252 g/mol. The molecule has 17 heavy (non-hydrogen) atoms. The molecule has 0 bridgehead atoms. The molecule has 4 nitrogen and oxygen atoms in total. The number of hydrogen-bond acceptors (Lipinski definition) is 3. The molecule has 0 radical (unpaired) electrons. The highest BCUT2D eigenvalue weighted by Gasteiger charge is 2.16. The van der Waals surface area contributed by atoms with Crippen molar-refractivity contribution in [2.24, 2.45) is 0 Å². The van der Waals surface area contributed by atoms with Crippen molar-refractivity contribution in [2.75, 3.05) is 0 Å². The molecule has 0 saturated carbocycles. The van der Waals surface area contributed by atoms with Crippen LogP contribution in [0.5, 0.6) is 0 Å². The Morgan fingerprint density at radius 3 is 2.47 bits per heavy atom. The Morgan fingerprint density at radius 2 is 1.76 bits per heavy atom. The van der Waals surface area contributed by atoms with Crippen molar-refractivity contribution in [1.29, 1.82) is 0 Å². The maximum Gasteiger partial charge on any atom is 0.397 e. The Morgan fingerprint density at radius 1 is 1.12 bits per heavy atom. The topological polar surface area (TPSA) is 63.6 Å². The van der Waals surface area contributed by atoms with Crippen LogP contribution in [0.1, 0.15) is 18.6 Å². The highest BCUT2D eigenvalue weighted by molar-refractivity contribution is 7.80. The summed E-state index contributed by atoms with van der Waals surface area (Å²) in [5.74, 6) is 0. The van der Waals surface area contributed by atoms with E-state index < -0.39 is 16.5 Å². The van der Waals surface area contributed by atoms with E-state index in [-0.39, 0.29) is 0 Å². The fourth-order valence-electron chi connectivity index (χ4n) is 1.84.